The molecule has 0 bridgehead atoms. The first kappa shape index (κ1) is 21.4. The van der Waals surface area contributed by atoms with Gasteiger partial charge in [0.25, 0.3) is 5.56 Å². The molecule has 3 N–H and O–H groups in total. The third-order valence-electron chi connectivity index (χ3n) is 4.31. The maximum atomic E-state index is 12.2. The summed E-state index contributed by atoms with van der Waals surface area (Å²) in [6.45, 7) is 2.76. The minimum Gasteiger partial charge on any atom is -0.355 e. The number of aryl methyl sites for hydroxylation is 2. The first-order valence-corrected chi connectivity index (χ1v) is 11.9. The molecule has 0 fully saturated rings. The van der Waals surface area contributed by atoms with Gasteiger partial charge in [0.2, 0.25) is 5.95 Å². The summed E-state index contributed by atoms with van der Waals surface area (Å²) in [7, 11) is 0. The molecule has 0 aromatic carbocycles. The number of aromatic nitrogens is 5. The van der Waals surface area contributed by atoms with Crippen molar-refractivity contribution in [3.63, 3.8) is 0 Å². The number of hydrogen-bond donors (Lipinski definition) is 3. The predicted octanol–water partition coefficient (Wildman–Crippen LogP) is 3.41. The van der Waals surface area contributed by atoms with Crippen molar-refractivity contribution in [2.45, 2.75) is 31.3 Å². The summed E-state index contributed by atoms with van der Waals surface area (Å²) in [6.07, 6.45) is 8.77. The van der Waals surface area contributed by atoms with Crippen LogP contribution in [0.3, 0.4) is 0 Å². The number of H-pyrrole nitrogens is 2. The molecule has 0 spiro atoms. The Kier molecular flexibility index (Phi) is 8.63. The van der Waals surface area contributed by atoms with Crippen molar-refractivity contribution < 1.29 is 0 Å². The molecule has 0 aliphatic carbocycles. The number of nitrogens with zero attached hydrogens (tertiary/aromatic N) is 3. The van der Waals surface area contributed by atoms with Gasteiger partial charge in [0.15, 0.2) is 0 Å². The molecule has 3 rings (SSSR count). The Morgan fingerprint density at radius 3 is 2.79 bits per heavy atom. The van der Waals surface area contributed by atoms with Crippen molar-refractivity contribution in [3.05, 3.63) is 69.9 Å². The third-order valence-corrected chi connectivity index (χ3v) is 6.40. The third kappa shape index (κ3) is 7.25. The number of rotatable bonds is 12. The number of pyridine rings is 1. The molecule has 0 saturated heterocycles. The van der Waals surface area contributed by atoms with Crippen molar-refractivity contribution in [3.8, 4) is 0 Å². The zero-order chi connectivity index (χ0) is 20.3. The van der Waals surface area contributed by atoms with Crippen molar-refractivity contribution in [1.82, 2.24) is 24.9 Å². The van der Waals surface area contributed by atoms with Gasteiger partial charge < -0.3 is 10.3 Å². The van der Waals surface area contributed by atoms with E-state index in [1.807, 2.05) is 30.9 Å². The highest BCUT2D eigenvalue weighted by Gasteiger charge is 2.04. The average molecular weight is 431 g/mol. The molecule has 9 heteroatoms. The average Bonchev–Trinajstić information content (AvgIpc) is 3.14. The highest BCUT2D eigenvalue weighted by Crippen LogP contribution is 2.13. The SMILES string of the molecule is Cc1[nH]cnc1CSCCNc1ncc(CCCSCc2cccnc2)c(=O)[nH]1. The van der Waals surface area contributed by atoms with Gasteiger partial charge in [-0.1, -0.05) is 6.07 Å². The van der Waals surface area contributed by atoms with Crippen LogP contribution in [0.2, 0.25) is 0 Å². The quantitative estimate of drug-likeness (QED) is 0.379. The Morgan fingerprint density at radius 1 is 1.14 bits per heavy atom. The first-order chi connectivity index (χ1) is 14.2. The molecule has 0 atom stereocenters. The molecule has 29 heavy (non-hydrogen) atoms. The summed E-state index contributed by atoms with van der Waals surface area (Å²) in [6, 6.07) is 4.03. The standard InChI is InChI=1S/C20H26N6OS2/c1-15-18(25-14-24-15)13-29-9-7-22-20-23-11-17(19(27)26-20)5-3-8-28-12-16-4-2-6-21-10-16/h2,4,6,10-11,14H,3,5,7-9,12-13H2,1H3,(H,24,25)(H2,22,23,26,27). The summed E-state index contributed by atoms with van der Waals surface area (Å²) >= 11 is 3.65. The molecule has 0 aliphatic rings. The Balaban J connectivity index is 1.32. The zero-order valence-electron chi connectivity index (χ0n) is 16.5. The highest BCUT2D eigenvalue weighted by atomic mass is 32.2. The molecule has 3 heterocycles. The zero-order valence-corrected chi connectivity index (χ0v) is 18.1. The van der Waals surface area contributed by atoms with Crippen LogP contribution in [0.1, 0.15) is 28.9 Å². The van der Waals surface area contributed by atoms with Crippen molar-refractivity contribution in [1.29, 1.82) is 0 Å². The maximum Gasteiger partial charge on any atom is 0.255 e. The van der Waals surface area contributed by atoms with Gasteiger partial charge in [0.1, 0.15) is 0 Å². The van der Waals surface area contributed by atoms with Crippen LogP contribution < -0.4 is 10.9 Å². The van der Waals surface area contributed by atoms with E-state index in [4.69, 9.17) is 0 Å². The fourth-order valence-electron chi connectivity index (χ4n) is 2.67. The molecule has 0 saturated carbocycles. The monoisotopic (exact) mass is 430 g/mol. The number of nitrogens with one attached hydrogen (secondary N) is 3. The molecule has 0 unspecified atom stereocenters. The molecule has 0 aliphatic heterocycles. The minimum atomic E-state index is -0.0560. The maximum absolute atomic E-state index is 12.2. The van der Waals surface area contributed by atoms with Gasteiger partial charge in [-0.25, -0.2) is 9.97 Å². The second kappa shape index (κ2) is 11.7. The first-order valence-electron chi connectivity index (χ1n) is 9.57. The van der Waals surface area contributed by atoms with Crippen LogP contribution in [0.4, 0.5) is 5.95 Å². The van der Waals surface area contributed by atoms with Crippen LogP contribution in [0.5, 0.6) is 0 Å². The molecule has 0 radical (unpaired) electrons. The van der Waals surface area contributed by atoms with Gasteiger partial charge in [-0.05, 0) is 37.1 Å². The Morgan fingerprint density at radius 2 is 2.03 bits per heavy atom. The second-order valence-electron chi connectivity index (χ2n) is 6.56. The largest absolute Gasteiger partial charge is 0.355 e. The lowest BCUT2D eigenvalue weighted by atomic mass is 10.2. The smallest absolute Gasteiger partial charge is 0.255 e. The summed E-state index contributed by atoms with van der Waals surface area (Å²) in [5.74, 6) is 4.26. The molecule has 154 valence electrons. The van der Waals surface area contributed by atoms with Crippen LogP contribution in [-0.4, -0.2) is 43.0 Å². The number of thioether (sulfide) groups is 2. The van der Waals surface area contributed by atoms with E-state index >= 15 is 0 Å². The van der Waals surface area contributed by atoms with Gasteiger partial charge in [-0.15, -0.1) is 0 Å². The van der Waals surface area contributed by atoms with Crippen LogP contribution >= 0.6 is 23.5 Å². The van der Waals surface area contributed by atoms with Gasteiger partial charge in [-0.2, -0.15) is 23.5 Å². The summed E-state index contributed by atoms with van der Waals surface area (Å²) < 4.78 is 0. The Bertz CT molecular complexity index is 928. The molecule has 0 amide bonds. The number of anilines is 1. The lowest BCUT2D eigenvalue weighted by Gasteiger charge is -2.06. The van der Waals surface area contributed by atoms with Gasteiger partial charge >= 0.3 is 0 Å². The predicted molar refractivity (Wildman–Crippen MR) is 122 cm³/mol. The van der Waals surface area contributed by atoms with Gasteiger partial charge in [0.05, 0.1) is 12.0 Å². The van der Waals surface area contributed by atoms with Crippen LogP contribution in [0.15, 0.2) is 41.8 Å². The van der Waals surface area contributed by atoms with Crippen molar-refractivity contribution in [2.24, 2.45) is 0 Å². The van der Waals surface area contributed by atoms with Gasteiger partial charge in [0, 0.05) is 53.7 Å². The van der Waals surface area contributed by atoms with E-state index in [1.54, 1.807) is 30.5 Å². The number of imidazole rings is 1. The van der Waals surface area contributed by atoms with E-state index in [0.29, 0.717) is 5.95 Å². The number of hydrogen-bond acceptors (Lipinski definition) is 7. The lowest BCUT2D eigenvalue weighted by molar-refractivity contribution is 0.892. The lowest BCUT2D eigenvalue weighted by Crippen LogP contribution is -2.18. The van der Waals surface area contributed by atoms with E-state index in [0.717, 1.165) is 59.3 Å². The van der Waals surface area contributed by atoms with E-state index in [1.165, 1.54) is 5.56 Å². The molecule has 7 nitrogen and oxygen atoms in total. The topological polar surface area (TPSA) is 99.3 Å². The minimum absolute atomic E-state index is 0.0560. The van der Waals surface area contributed by atoms with E-state index < -0.39 is 0 Å². The van der Waals surface area contributed by atoms with E-state index in [2.05, 4.69) is 36.3 Å². The van der Waals surface area contributed by atoms with Crippen molar-refractivity contribution in [2.75, 3.05) is 23.4 Å². The van der Waals surface area contributed by atoms with Crippen LogP contribution in [0, 0.1) is 6.92 Å². The van der Waals surface area contributed by atoms with Crippen molar-refractivity contribution >= 4 is 29.5 Å². The Hall–Kier alpha value is -2.26. The summed E-state index contributed by atoms with van der Waals surface area (Å²) in [5.41, 5.74) is 4.11. The summed E-state index contributed by atoms with van der Waals surface area (Å²) in [4.78, 5) is 30.9. The van der Waals surface area contributed by atoms with E-state index in [-0.39, 0.29) is 5.56 Å². The van der Waals surface area contributed by atoms with E-state index in [9.17, 15) is 4.79 Å². The molecule has 3 aromatic rings. The molecular weight excluding hydrogens is 404 g/mol. The van der Waals surface area contributed by atoms with Gasteiger partial charge in [-0.3, -0.25) is 14.8 Å². The highest BCUT2D eigenvalue weighted by molar-refractivity contribution is 7.98. The fourth-order valence-corrected chi connectivity index (χ4v) is 4.44. The summed E-state index contributed by atoms with van der Waals surface area (Å²) in [5, 5.41) is 3.18. The normalized spacial score (nSPS) is 10.9. The fraction of sp³-hybridized carbons (Fsp3) is 0.400. The number of aromatic amines is 2. The molecular formula is C20H26N6OS2. The second-order valence-corrected chi connectivity index (χ2v) is 8.77. The van der Waals surface area contributed by atoms with Crippen LogP contribution in [0.25, 0.3) is 0 Å². The molecule has 3 aromatic heterocycles. The van der Waals surface area contributed by atoms with Crippen LogP contribution in [-0.2, 0) is 17.9 Å². The Labute approximate surface area is 179 Å².